The van der Waals surface area contributed by atoms with E-state index in [1.165, 1.54) is 31.9 Å². The minimum Gasteiger partial charge on any atom is -0.357 e. The van der Waals surface area contributed by atoms with Gasteiger partial charge in [-0.25, -0.2) is 12.7 Å². The molecule has 2 heterocycles. The number of piperidine rings is 2. The van der Waals surface area contributed by atoms with Crippen LogP contribution in [0.1, 0.15) is 59.3 Å². The second-order valence-corrected chi connectivity index (χ2v) is 10.4. The molecule has 0 bridgehead atoms. The van der Waals surface area contributed by atoms with E-state index in [4.69, 9.17) is 4.99 Å². The Labute approximate surface area is 160 Å². The summed E-state index contributed by atoms with van der Waals surface area (Å²) >= 11 is 0. The average Bonchev–Trinajstić information content (AvgIpc) is 2.58. The Morgan fingerprint density at radius 2 is 1.92 bits per heavy atom. The summed E-state index contributed by atoms with van der Waals surface area (Å²) in [5.41, 5.74) is 0.393. The van der Waals surface area contributed by atoms with Crippen LogP contribution in [0, 0.1) is 11.3 Å². The summed E-state index contributed by atoms with van der Waals surface area (Å²) < 4.78 is 24.9. The first-order valence-corrected chi connectivity index (χ1v) is 12.1. The van der Waals surface area contributed by atoms with E-state index < -0.39 is 10.0 Å². The summed E-state index contributed by atoms with van der Waals surface area (Å²) in [7, 11) is -3.05. The number of hydrogen-bond donors (Lipinski definition) is 1. The lowest BCUT2D eigenvalue weighted by Crippen LogP contribution is -2.50. The van der Waals surface area contributed by atoms with Gasteiger partial charge in [-0.3, -0.25) is 4.99 Å². The van der Waals surface area contributed by atoms with Crippen molar-refractivity contribution in [1.29, 1.82) is 0 Å². The van der Waals surface area contributed by atoms with E-state index >= 15 is 0 Å². The van der Waals surface area contributed by atoms with Crippen LogP contribution in [-0.2, 0) is 10.0 Å². The molecule has 0 aromatic heterocycles. The van der Waals surface area contributed by atoms with Gasteiger partial charge in [0.05, 0.1) is 6.26 Å². The fourth-order valence-electron chi connectivity index (χ4n) is 4.37. The molecule has 2 saturated heterocycles. The summed E-state index contributed by atoms with van der Waals surface area (Å²) in [5, 5.41) is 3.47. The lowest BCUT2D eigenvalue weighted by atomic mass is 9.78. The van der Waals surface area contributed by atoms with Gasteiger partial charge in [0.2, 0.25) is 10.0 Å². The van der Waals surface area contributed by atoms with Crippen LogP contribution in [0.2, 0.25) is 0 Å². The maximum atomic E-state index is 11.6. The van der Waals surface area contributed by atoms with Crippen LogP contribution < -0.4 is 5.32 Å². The van der Waals surface area contributed by atoms with Gasteiger partial charge in [-0.05, 0) is 50.4 Å². The molecule has 2 fully saturated rings. The van der Waals surface area contributed by atoms with Gasteiger partial charge in [0.1, 0.15) is 0 Å². The molecule has 26 heavy (non-hydrogen) atoms. The predicted octanol–water partition coefficient (Wildman–Crippen LogP) is 2.53. The van der Waals surface area contributed by atoms with Crippen molar-refractivity contribution in [3.8, 4) is 0 Å². The fraction of sp³-hybridized carbons (Fsp3) is 0.947. The highest BCUT2D eigenvalue weighted by molar-refractivity contribution is 7.88. The molecule has 7 heteroatoms. The van der Waals surface area contributed by atoms with Crippen molar-refractivity contribution in [2.75, 3.05) is 45.5 Å². The largest absolute Gasteiger partial charge is 0.357 e. The normalized spacial score (nSPS) is 26.9. The van der Waals surface area contributed by atoms with E-state index in [1.54, 1.807) is 4.31 Å². The Balaban J connectivity index is 1.94. The standard InChI is InChI=1S/C19H38N4O2S/c1-5-10-19(3)11-7-12-22(16-19)18(20-6-2)21-15-17-8-13-23(14-9-17)26(4,24)25/h17H,5-16H2,1-4H3,(H,20,21). The minimum atomic E-state index is -3.05. The molecular formula is C19H38N4O2S. The van der Waals surface area contributed by atoms with E-state index in [0.29, 0.717) is 24.4 Å². The smallest absolute Gasteiger partial charge is 0.211 e. The van der Waals surface area contributed by atoms with Crippen molar-refractivity contribution in [2.45, 2.75) is 59.3 Å². The first kappa shape index (κ1) is 21.5. The molecule has 0 radical (unpaired) electrons. The summed E-state index contributed by atoms with van der Waals surface area (Å²) in [6, 6.07) is 0. The van der Waals surface area contributed by atoms with Crippen LogP contribution in [0.25, 0.3) is 0 Å². The van der Waals surface area contributed by atoms with Crippen LogP contribution in [0.15, 0.2) is 4.99 Å². The van der Waals surface area contributed by atoms with E-state index in [2.05, 4.69) is 31.0 Å². The molecule has 2 aliphatic rings. The van der Waals surface area contributed by atoms with E-state index in [0.717, 1.165) is 45.0 Å². The Morgan fingerprint density at radius 1 is 1.23 bits per heavy atom. The van der Waals surface area contributed by atoms with Gasteiger partial charge < -0.3 is 10.2 Å². The van der Waals surface area contributed by atoms with Crippen LogP contribution >= 0.6 is 0 Å². The molecule has 1 atom stereocenters. The SMILES string of the molecule is CCCC1(C)CCCN(C(=NCC2CCN(S(C)(=O)=O)CC2)NCC)C1. The number of likely N-dealkylation sites (tertiary alicyclic amines) is 1. The van der Waals surface area contributed by atoms with E-state index in [-0.39, 0.29) is 0 Å². The molecule has 0 spiro atoms. The Morgan fingerprint density at radius 3 is 2.50 bits per heavy atom. The van der Waals surface area contributed by atoms with E-state index in [9.17, 15) is 8.42 Å². The third kappa shape index (κ3) is 6.12. The van der Waals surface area contributed by atoms with Crippen LogP contribution in [0.4, 0.5) is 0 Å². The lowest BCUT2D eigenvalue weighted by molar-refractivity contribution is 0.142. The maximum absolute atomic E-state index is 11.6. The third-order valence-electron chi connectivity index (χ3n) is 5.81. The fourth-order valence-corrected chi connectivity index (χ4v) is 5.24. The molecule has 0 saturated carbocycles. The summed E-state index contributed by atoms with van der Waals surface area (Å²) in [4.78, 5) is 7.38. The molecule has 0 aliphatic carbocycles. The molecule has 2 rings (SSSR count). The van der Waals surface area contributed by atoms with Crippen LogP contribution in [0.3, 0.4) is 0 Å². The van der Waals surface area contributed by atoms with Crippen LogP contribution in [0.5, 0.6) is 0 Å². The second-order valence-electron chi connectivity index (χ2n) is 8.39. The topological polar surface area (TPSA) is 65.0 Å². The second kappa shape index (κ2) is 9.40. The zero-order valence-electron chi connectivity index (χ0n) is 17.1. The Bertz CT molecular complexity index is 566. The highest BCUT2D eigenvalue weighted by Gasteiger charge is 2.31. The zero-order chi connectivity index (χ0) is 19.2. The van der Waals surface area contributed by atoms with E-state index in [1.807, 2.05) is 0 Å². The summed E-state index contributed by atoms with van der Waals surface area (Å²) in [5.74, 6) is 1.52. The first-order chi connectivity index (χ1) is 12.3. The average molecular weight is 387 g/mol. The highest BCUT2D eigenvalue weighted by atomic mass is 32.2. The quantitative estimate of drug-likeness (QED) is 0.563. The minimum absolute atomic E-state index is 0.393. The highest BCUT2D eigenvalue weighted by Crippen LogP contribution is 2.34. The van der Waals surface area contributed by atoms with Crippen molar-refractivity contribution >= 4 is 16.0 Å². The number of guanidine groups is 1. The monoisotopic (exact) mass is 386 g/mol. The maximum Gasteiger partial charge on any atom is 0.211 e. The van der Waals surface area contributed by atoms with Crippen molar-refractivity contribution in [2.24, 2.45) is 16.3 Å². The van der Waals surface area contributed by atoms with Gasteiger partial charge in [-0.2, -0.15) is 0 Å². The molecule has 0 aromatic carbocycles. The summed E-state index contributed by atoms with van der Waals surface area (Å²) in [6.07, 6.45) is 8.16. The molecule has 0 amide bonds. The molecule has 6 nitrogen and oxygen atoms in total. The van der Waals surface area contributed by atoms with Gasteiger partial charge in [0.25, 0.3) is 0 Å². The molecule has 152 valence electrons. The van der Waals surface area contributed by atoms with Crippen molar-refractivity contribution < 1.29 is 8.42 Å². The van der Waals surface area contributed by atoms with Gasteiger partial charge >= 0.3 is 0 Å². The number of sulfonamides is 1. The van der Waals surface area contributed by atoms with Gasteiger partial charge in [0.15, 0.2) is 5.96 Å². The Kier molecular flexibility index (Phi) is 7.76. The van der Waals surface area contributed by atoms with Crippen molar-refractivity contribution in [3.05, 3.63) is 0 Å². The molecule has 1 N–H and O–H groups in total. The van der Waals surface area contributed by atoms with Gasteiger partial charge in [0, 0.05) is 39.3 Å². The van der Waals surface area contributed by atoms with Gasteiger partial charge in [-0.1, -0.05) is 20.3 Å². The summed E-state index contributed by atoms with van der Waals surface area (Å²) in [6.45, 7) is 11.9. The van der Waals surface area contributed by atoms with Crippen molar-refractivity contribution in [3.63, 3.8) is 0 Å². The number of hydrogen-bond acceptors (Lipinski definition) is 3. The third-order valence-corrected chi connectivity index (χ3v) is 7.11. The molecule has 0 aromatic rings. The first-order valence-electron chi connectivity index (χ1n) is 10.3. The Hall–Kier alpha value is -0.820. The number of nitrogens with one attached hydrogen (secondary N) is 1. The number of aliphatic imine (C=N–C) groups is 1. The lowest BCUT2D eigenvalue weighted by Gasteiger charge is -2.42. The van der Waals surface area contributed by atoms with Gasteiger partial charge in [-0.15, -0.1) is 0 Å². The van der Waals surface area contributed by atoms with Crippen LogP contribution in [-0.4, -0.2) is 69.1 Å². The number of rotatable bonds is 6. The molecule has 2 aliphatic heterocycles. The molecule has 1 unspecified atom stereocenters. The molecular weight excluding hydrogens is 348 g/mol. The zero-order valence-corrected chi connectivity index (χ0v) is 17.9. The predicted molar refractivity (Wildman–Crippen MR) is 109 cm³/mol. The number of nitrogens with zero attached hydrogens (tertiary/aromatic N) is 3. The van der Waals surface area contributed by atoms with Crippen molar-refractivity contribution in [1.82, 2.24) is 14.5 Å².